The minimum Gasteiger partial charge on any atom is -0.392 e. The van der Waals surface area contributed by atoms with Gasteiger partial charge in [0.15, 0.2) is 0 Å². The second kappa shape index (κ2) is 4.97. The molecular weight excluding hydrogens is 278 g/mol. The molecule has 0 unspecified atom stereocenters. The molecule has 0 spiro atoms. The molecule has 6 nitrogen and oxygen atoms in total. The summed E-state index contributed by atoms with van der Waals surface area (Å²) in [5, 5.41) is 15.2. The molecule has 0 aliphatic rings. The number of rotatable bonds is 4. The van der Waals surface area contributed by atoms with Crippen LogP contribution in [0.15, 0.2) is 35.5 Å². The summed E-state index contributed by atoms with van der Waals surface area (Å²) in [6.45, 7) is -0.259. The van der Waals surface area contributed by atoms with Gasteiger partial charge < -0.3 is 5.11 Å². The number of aliphatic hydroxyl groups excluding tert-OH is 1. The SMILES string of the molecule is O=S(=O)(Nc1cn[nH]c1)c1cc(CO)ccc1Cl. The molecule has 2 aromatic rings. The molecule has 0 bridgehead atoms. The number of aliphatic hydroxyl groups is 1. The Morgan fingerprint density at radius 2 is 2.22 bits per heavy atom. The Morgan fingerprint density at radius 1 is 1.44 bits per heavy atom. The normalized spacial score (nSPS) is 11.4. The van der Waals surface area contributed by atoms with Crippen molar-refractivity contribution in [2.75, 3.05) is 4.72 Å². The molecule has 0 amide bonds. The molecule has 0 aliphatic carbocycles. The topological polar surface area (TPSA) is 95.1 Å². The Balaban J connectivity index is 2.40. The zero-order valence-corrected chi connectivity index (χ0v) is 10.7. The summed E-state index contributed by atoms with van der Waals surface area (Å²) >= 11 is 5.85. The summed E-state index contributed by atoms with van der Waals surface area (Å²) in [6.07, 6.45) is 2.74. The van der Waals surface area contributed by atoms with Crippen LogP contribution in [0.2, 0.25) is 5.02 Å². The van der Waals surface area contributed by atoms with Gasteiger partial charge in [0.1, 0.15) is 4.90 Å². The van der Waals surface area contributed by atoms with Crippen LogP contribution in [0.4, 0.5) is 5.69 Å². The van der Waals surface area contributed by atoms with E-state index in [-0.39, 0.29) is 16.5 Å². The van der Waals surface area contributed by atoms with Gasteiger partial charge >= 0.3 is 0 Å². The lowest BCUT2D eigenvalue weighted by atomic mass is 10.2. The Kier molecular flexibility index (Phi) is 3.55. The molecule has 1 heterocycles. The van der Waals surface area contributed by atoms with Crippen LogP contribution in [0.5, 0.6) is 0 Å². The van der Waals surface area contributed by atoms with Gasteiger partial charge in [-0.15, -0.1) is 0 Å². The van der Waals surface area contributed by atoms with E-state index in [1.54, 1.807) is 6.07 Å². The second-order valence-electron chi connectivity index (χ2n) is 3.52. The molecule has 8 heteroatoms. The first-order chi connectivity index (χ1) is 8.53. The van der Waals surface area contributed by atoms with E-state index in [0.29, 0.717) is 11.3 Å². The number of aromatic nitrogens is 2. The van der Waals surface area contributed by atoms with Gasteiger partial charge in [0.25, 0.3) is 10.0 Å². The van der Waals surface area contributed by atoms with Gasteiger partial charge in [-0.25, -0.2) is 8.42 Å². The van der Waals surface area contributed by atoms with Crippen molar-refractivity contribution in [3.8, 4) is 0 Å². The quantitative estimate of drug-likeness (QED) is 0.791. The molecule has 0 atom stereocenters. The van der Waals surface area contributed by atoms with E-state index < -0.39 is 10.0 Å². The second-order valence-corrected chi connectivity index (χ2v) is 5.57. The Bertz CT molecular complexity index is 640. The van der Waals surface area contributed by atoms with Gasteiger partial charge in [0.2, 0.25) is 0 Å². The van der Waals surface area contributed by atoms with Gasteiger partial charge in [-0.2, -0.15) is 5.10 Å². The van der Waals surface area contributed by atoms with Crippen LogP contribution in [0.3, 0.4) is 0 Å². The lowest BCUT2D eigenvalue weighted by molar-refractivity contribution is 0.281. The van der Waals surface area contributed by atoms with Crippen molar-refractivity contribution in [3.05, 3.63) is 41.2 Å². The zero-order valence-electron chi connectivity index (χ0n) is 9.09. The van der Waals surface area contributed by atoms with Crippen molar-refractivity contribution in [3.63, 3.8) is 0 Å². The maximum absolute atomic E-state index is 12.1. The van der Waals surface area contributed by atoms with E-state index in [2.05, 4.69) is 14.9 Å². The average Bonchev–Trinajstić information content (AvgIpc) is 2.81. The highest BCUT2D eigenvalue weighted by Crippen LogP contribution is 2.24. The number of benzene rings is 1. The molecule has 96 valence electrons. The van der Waals surface area contributed by atoms with Gasteiger partial charge in [0, 0.05) is 6.20 Å². The number of hydrogen-bond acceptors (Lipinski definition) is 4. The summed E-state index contributed by atoms with van der Waals surface area (Å²) in [6, 6.07) is 4.31. The van der Waals surface area contributed by atoms with Gasteiger partial charge in [0.05, 0.1) is 23.5 Å². The van der Waals surface area contributed by atoms with E-state index in [4.69, 9.17) is 16.7 Å². The van der Waals surface area contributed by atoms with Crippen molar-refractivity contribution < 1.29 is 13.5 Å². The number of nitrogens with one attached hydrogen (secondary N) is 2. The van der Waals surface area contributed by atoms with Crippen molar-refractivity contribution in [2.45, 2.75) is 11.5 Å². The van der Waals surface area contributed by atoms with Crippen LogP contribution in [0.1, 0.15) is 5.56 Å². The first-order valence-corrected chi connectivity index (χ1v) is 6.80. The molecule has 0 saturated heterocycles. The highest BCUT2D eigenvalue weighted by Gasteiger charge is 2.18. The van der Waals surface area contributed by atoms with Crippen LogP contribution < -0.4 is 4.72 Å². The fourth-order valence-electron chi connectivity index (χ4n) is 1.37. The van der Waals surface area contributed by atoms with Crippen molar-refractivity contribution >= 4 is 27.3 Å². The van der Waals surface area contributed by atoms with E-state index >= 15 is 0 Å². The standard InChI is InChI=1S/C10H10ClN3O3S/c11-9-2-1-7(6-15)3-10(9)18(16,17)14-8-4-12-13-5-8/h1-5,14-15H,6H2,(H,12,13). The number of aromatic amines is 1. The third kappa shape index (κ3) is 2.63. The largest absolute Gasteiger partial charge is 0.392 e. The van der Waals surface area contributed by atoms with Crippen LogP contribution in [-0.2, 0) is 16.6 Å². The predicted octanol–water partition coefficient (Wildman–Crippen LogP) is 1.36. The fraction of sp³-hybridized carbons (Fsp3) is 0.100. The van der Waals surface area contributed by atoms with E-state index in [9.17, 15) is 8.42 Å². The number of nitrogens with zero attached hydrogens (tertiary/aromatic N) is 1. The zero-order chi connectivity index (χ0) is 13.2. The highest BCUT2D eigenvalue weighted by atomic mass is 35.5. The number of hydrogen-bond donors (Lipinski definition) is 3. The molecule has 0 aliphatic heterocycles. The first-order valence-electron chi connectivity index (χ1n) is 4.94. The number of halogens is 1. The lowest BCUT2D eigenvalue weighted by Gasteiger charge is -2.08. The Labute approximate surface area is 109 Å². The van der Waals surface area contributed by atoms with Crippen molar-refractivity contribution in [2.24, 2.45) is 0 Å². The molecule has 1 aromatic heterocycles. The molecule has 2 rings (SSSR count). The van der Waals surface area contributed by atoms with E-state index in [0.717, 1.165) is 0 Å². The summed E-state index contributed by atoms with van der Waals surface area (Å²) < 4.78 is 26.5. The molecular formula is C10H10ClN3O3S. The van der Waals surface area contributed by atoms with Gasteiger partial charge in [-0.3, -0.25) is 9.82 Å². The Hall–Kier alpha value is -1.57. The minimum atomic E-state index is -3.80. The van der Waals surface area contributed by atoms with Crippen LogP contribution in [-0.4, -0.2) is 23.7 Å². The summed E-state index contributed by atoms with van der Waals surface area (Å²) in [7, 11) is -3.80. The predicted molar refractivity (Wildman–Crippen MR) is 66.8 cm³/mol. The molecule has 3 N–H and O–H groups in total. The third-order valence-corrected chi connectivity index (χ3v) is 4.08. The highest BCUT2D eigenvalue weighted by molar-refractivity contribution is 7.92. The smallest absolute Gasteiger partial charge is 0.263 e. The molecule has 0 radical (unpaired) electrons. The van der Waals surface area contributed by atoms with E-state index in [1.807, 2.05) is 0 Å². The van der Waals surface area contributed by atoms with Crippen LogP contribution >= 0.6 is 11.6 Å². The monoisotopic (exact) mass is 287 g/mol. The molecule has 0 fully saturated rings. The average molecular weight is 288 g/mol. The van der Waals surface area contributed by atoms with Crippen LogP contribution in [0.25, 0.3) is 0 Å². The summed E-state index contributed by atoms with van der Waals surface area (Å²) in [4.78, 5) is -0.0862. The Morgan fingerprint density at radius 3 is 2.83 bits per heavy atom. The van der Waals surface area contributed by atoms with Crippen molar-refractivity contribution in [1.82, 2.24) is 10.2 Å². The molecule has 1 aromatic carbocycles. The van der Waals surface area contributed by atoms with Gasteiger partial charge in [-0.1, -0.05) is 17.7 Å². The lowest BCUT2D eigenvalue weighted by Crippen LogP contribution is -2.13. The minimum absolute atomic E-state index is 0.0862. The number of H-pyrrole nitrogens is 1. The van der Waals surface area contributed by atoms with Crippen molar-refractivity contribution in [1.29, 1.82) is 0 Å². The summed E-state index contributed by atoms with van der Waals surface area (Å²) in [5.74, 6) is 0. The first kappa shape index (κ1) is 12.9. The van der Waals surface area contributed by atoms with Crippen LogP contribution in [0, 0.1) is 0 Å². The maximum atomic E-state index is 12.1. The number of anilines is 1. The fourth-order valence-corrected chi connectivity index (χ4v) is 2.95. The maximum Gasteiger partial charge on any atom is 0.263 e. The van der Waals surface area contributed by atoms with E-state index in [1.165, 1.54) is 24.5 Å². The van der Waals surface area contributed by atoms with Gasteiger partial charge in [-0.05, 0) is 17.7 Å². The third-order valence-electron chi connectivity index (χ3n) is 2.22. The molecule has 0 saturated carbocycles. The number of sulfonamides is 1. The summed E-state index contributed by atoms with van der Waals surface area (Å²) in [5.41, 5.74) is 0.771. The molecule has 18 heavy (non-hydrogen) atoms.